The van der Waals surface area contributed by atoms with Crippen molar-refractivity contribution in [2.24, 2.45) is 0 Å². The van der Waals surface area contributed by atoms with Crippen molar-refractivity contribution >= 4 is 17.5 Å². The van der Waals surface area contributed by atoms with E-state index in [4.69, 9.17) is 9.47 Å². The van der Waals surface area contributed by atoms with Gasteiger partial charge in [-0.05, 0) is 72.9 Å². The highest BCUT2D eigenvalue weighted by Gasteiger charge is 2.19. The molecule has 0 unspecified atom stereocenters. The van der Waals surface area contributed by atoms with Crippen LogP contribution in [0.25, 0.3) is 11.1 Å². The largest absolute Gasteiger partial charge is 0.493 e. The van der Waals surface area contributed by atoms with Crippen molar-refractivity contribution in [1.82, 2.24) is 5.32 Å². The van der Waals surface area contributed by atoms with E-state index < -0.39 is 0 Å². The minimum Gasteiger partial charge on any atom is -0.493 e. The van der Waals surface area contributed by atoms with Crippen molar-refractivity contribution < 1.29 is 19.1 Å². The number of rotatable bonds is 7. The van der Waals surface area contributed by atoms with Gasteiger partial charge >= 0.3 is 0 Å². The van der Waals surface area contributed by atoms with E-state index in [1.165, 1.54) is 29.4 Å². The Morgan fingerprint density at radius 1 is 0.938 bits per heavy atom. The van der Waals surface area contributed by atoms with Gasteiger partial charge in [0.05, 0.1) is 7.11 Å². The second-order valence-electron chi connectivity index (χ2n) is 8.04. The summed E-state index contributed by atoms with van der Waals surface area (Å²) in [5.41, 5.74) is 6.14. The normalized spacial score (nSPS) is 11.5. The third-order valence-electron chi connectivity index (χ3n) is 5.29. The van der Waals surface area contributed by atoms with Gasteiger partial charge in [-0.15, -0.1) is 0 Å². The molecule has 164 valence electrons. The molecule has 4 rings (SSSR count). The zero-order chi connectivity index (χ0) is 22.7. The van der Waals surface area contributed by atoms with Crippen LogP contribution in [-0.4, -0.2) is 31.6 Å². The molecular formula is C26H26N2O4. The molecule has 2 amide bonds. The number of hydrogen-bond donors (Lipinski definition) is 2. The third-order valence-corrected chi connectivity index (χ3v) is 5.29. The van der Waals surface area contributed by atoms with Crippen LogP contribution >= 0.6 is 0 Å². The van der Waals surface area contributed by atoms with E-state index in [0.29, 0.717) is 17.1 Å². The van der Waals surface area contributed by atoms with Crippen LogP contribution in [0.4, 0.5) is 5.69 Å². The Hall–Kier alpha value is -3.80. The molecule has 0 aliphatic heterocycles. The minimum absolute atomic E-state index is 0.0347. The smallest absolute Gasteiger partial charge is 0.258 e. The highest BCUT2D eigenvalue weighted by atomic mass is 16.5. The fraction of sp³-hybridized carbons (Fsp3) is 0.231. The molecule has 1 aliphatic carbocycles. The van der Waals surface area contributed by atoms with Gasteiger partial charge in [-0.3, -0.25) is 9.59 Å². The SMILES string of the molecule is COc1cc(C(=O)Nc2ccc3c(c2)Cc2ccccc2-3)ccc1OCC(=O)NC(C)C. The zero-order valence-corrected chi connectivity index (χ0v) is 18.4. The predicted molar refractivity (Wildman–Crippen MR) is 124 cm³/mol. The number of methoxy groups -OCH3 is 1. The molecular weight excluding hydrogens is 404 g/mol. The molecule has 3 aromatic carbocycles. The van der Waals surface area contributed by atoms with Crippen molar-refractivity contribution in [3.63, 3.8) is 0 Å². The Morgan fingerprint density at radius 2 is 1.72 bits per heavy atom. The summed E-state index contributed by atoms with van der Waals surface area (Å²) in [7, 11) is 1.50. The summed E-state index contributed by atoms with van der Waals surface area (Å²) in [6, 6.07) is 19.3. The van der Waals surface area contributed by atoms with Crippen LogP contribution in [0.2, 0.25) is 0 Å². The topological polar surface area (TPSA) is 76.7 Å². The van der Waals surface area contributed by atoms with Gasteiger partial charge in [0, 0.05) is 17.3 Å². The van der Waals surface area contributed by atoms with Gasteiger partial charge in [0.1, 0.15) is 0 Å². The Balaban J connectivity index is 1.45. The van der Waals surface area contributed by atoms with Gasteiger partial charge in [-0.2, -0.15) is 0 Å². The van der Waals surface area contributed by atoms with Crippen LogP contribution in [0, 0.1) is 0 Å². The standard InChI is InChI=1S/C26H26N2O4/c1-16(2)27-25(29)15-32-23-11-8-18(14-24(23)31-3)26(30)28-20-9-10-22-19(13-20)12-17-6-4-5-7-21(17)22/h4-11,13-14,16H,12,15H2,1-3H3,(H,27,29)(H,28,30). The molecule has 0 atom stereocenters. The molecule has 6 heteroatoms. The van der Waals surface area contributed by atoms with Gasteiger partial charge < -0.3 is 20.1 Å². The van der Waals surface area contributed by atoms with Crippen molar-refractivity contribution in [2.45, 2.75) is 26.3 Å². The first-order valence-corrected chi connectivity index (χ1v) is 10.6. The Kier molecular flexibility index (Phi) is 6.12. The van der Waals surface area contributed by atoms with E-state index in [-0.39, 0.29) is 24.5 Å². The number of carbonyl (C=O) groups excluding carboxylic acids is 2. The average molecular weight is 431 g/mol. The van der Waals surface area contributed by atoms with Crippen molar-refractivity contribution in [3.8, 4) is 22.6 Å². The van der Waals surface area contributed by atoms with Gasteiger partial charge in [0.25, 0.3) is 11.8 Å². The van der Waals surface area contributed by atoms with Crippen LogP contribution in [0.15, 0.2) is 60.7 Å². The Morgan fingerprint density at radius 3 is 2.50 bits per heavy atom. The van der Waals surface area contributed by atoms with Crippen LogP contribution in [0.5, 0.6) is 11.5 Å². The first-order valence-electron chi connectivity index (χ1n) is 10.6. The maximum absolute atomic E-state index is 12.8. The summed E-state index contributed by atoms with van der Waals surface area (Å²) in [5.74, 6) is 0.322. The molecule has 0 bridgehead atoms. The molecule has 3 aromatic rings. The number of fused-ring (bicyclic) bond motifs is 3. The molecule has 0 aromatic heterocycles. The van der Waals surface area contributed by atoms with E-state index in [1.54, 1.807) is 18.2 Å². The van der Waals surface area contributed by atoms with Crippen LogP contribution in [-0.2, 0) is 11.2 Å². The molecule has 6 nitrogen and oxygen atoms in total. The quantitative estimate of drug-likeness (QED) is 0.455. The molecule has 0 saturated carbocycles. The highest BCUT2D eigenvalue weighted by Crippen LogP contribution is 2.37. The number of carbonyl (C=O) groups is 2. The van der Waals surface area contributed by atoms with E-state index in [1.807, 2.05) is 38.1 Å². The van der Waals surface area contributed by atoms with Crippen molar-refractivity contribution in [2.75, 3.05) is 19.0 Å². The first kappa shape index (κ1) is 21.4. The second-order valence-corrected chi connectivity index (χ2v) is 8.04. The highest BCUT2D eigenvalue weighted by molar-refractivity contribution is 6.05. The lowest BCUT2D eigenvalue weighted by molar-refractivity contribution is -0.123. The molecule has 2 N–H and O–H groups in total. The molecule has 0 heterocycles. The number of nitrogens with one attached hydrogen (secondary N) is 2. The van der Waals surface area contributed by atoms with Crippen LogP contribution in [0.1, 0.15) is 35.3 Å². The first-order chi connectivity index (χ1) is 15.4. The summed E-state index contributed by atoms with van der Waals surface area (Å²) in [4.78, 5) is 24.6. The monoisotopic (exact) mass is 430 g/mol. The van der Waals surface area contributed by atoms with Gasteiger partial charge in [-0.1, -0.05) is 30.3 Å². The van der Waals surface area contributed by atoms with Crippen molar-refractivity contribution in [3.05, 3.63) is 77.4 Å². The van der Waals surface area contributed by atoms with E-state index >= 15 is 0 Å². The van der Waals surface area contributed by atoms with E-state index in [0.717, 1.165) is 12.1 Å². The molecule has 1 aliphatic rings. The zero-order valence-electron chi connectivity index (χ0n) is 18.4. The third kappa shape index (κ3) is 4.59. The number of hydrogen-bond acceptors (Lipinski definition) is 4. The fourth-order valence-electron chi connectivity index (χ4n) is 3.86. The summed E-state index contributed by atoms with van der Waals surface area (Å²) in [6.07, 6.45) is 0.861. The van der Waals surface area contributed by atoms with Crippen molar-refractivity contribution in [1.29, 1.82) is 0 Å². The maximum atomic E-state index is 12.8. The lowest BCUT2D eigenvalue weighted by atomic mass is 10.1. The number of benzene rings is 3. The average Bonchev–Trinajstić information content (AvgIpc) is 3.14. The Labute approximate surface area is 187 Å². The fourth-order valence-corrected chi connectivity index (χ4v) is 3.86. The van der Waals surface area contributed by atoms with Gasteiger partial charge in [0.15, 0.2) is 18.1 Å². The summed E-state index contributed by atoms with van der Waals surface area (Å²) in [5, 5.41) is 5.72. The Bertz CT molecular complexity index is 1170. The molecule has 0 radical (unpaired) electrons. The number of amides is 2. The summed E-state index contributed by atoms with van der Waals surface area (Å²) >= 11 is 0. The van der Waals surface area contributed by atoms with Crippen LogP contribution in [0.3, 0.4) is 0 Å². The summed E-state index contributed by atoms with van der Waals surface area (Å²) in [6.45, 7) is 3.63. The molecule has 32 heavy (non-hydrogen) atoms. The molecule has 0 saturated heterocycles. The summed E-state index contributed by atoms with van der Waals surface area (Å²) < 4.78 is 10.9. The second kappa shape index (κ2) is 9.14. The predicted octanol–water partition coefficient (Wildman–Crippen LogP) is 4.42. The molecule has 0 fully saturated rings. The van der Waals surface area contributed by atoms with E-state index in [2.05, 4.69) is 28.8 Å². The van der Waals surface area contributed by atoms with E-state index in [9.17, 15) is 9.59 Å². The number of anilines is 1. The minimum atomic E-state index is -0.247. The van der Waals surface area contributed by atoms with Gasteiger partial charge in [-0.25, -0.2) is 0 Å². The van der Waals surface area contributed by atoms with Gasteiger partial charge in [0.2, 0.25) is 0 Å². The molecule has 0 spiro atoms. The lowest BCUT2D eigenvalue weighted by Gasteiger charge is -2.13. The maximum Gasteiger partial charge on any atom is 0.258 e. The van der Waals surface area contributed by atoms with Crippen LogP contribution < -0.4 is 20.1 Å². The number of ether oxygens (including phenoxy) is 2. The lowest BCUT2D eigenvalue weighted by Crippen LogP contribution is -2.34.